The number of hydrogen-bond donors (Lipinski definition) is 2. The molecule has 0 saturated heterocycles. The van der Waals surface area contributed by atoms with E-state index in [0.717, 1.165) is 32.9 Å². The van der Waals surface area contributed by atoms with Gasteiger partial charge < -0.3 is 20.5 Å². The van der Waals surface area contributed by atoms with E-state index in [0.29, 0.717) is 4.99 Å². The van der Waals surface area contributed by atoms with E-state index in [2.05, 4.69) is 21.2 Å². The van der Waals surface area contributed by atoms with Gasteiger partial charge in [-0.2, -0.15) is 0 Å². The van der Waals surface area contributed by atoms with E-state index >= 15 is 0 Å². The topological polar surface area (TPSA) is 56.5 Å². The smallest absolute Gasteiger partial charge is 0.231 e. The second-order valence-corrected chi connectivity index (χ2v) is 5.51. The minimum absolute atomic E-state index is 0.258. The lowest BCUT2D eigenvalue weighted by Gasteiger charge is -2.13. The van der Waals surface area contributed by atoms with Crippen molar-refractivity contribution in [3.8, 4) is 11.5 Å². The van der Waals surface area contributed by atoms with Crippen LogP contribution in [-0.2, 0) is 0 Å². The van der Waals surface area contributed by atoms with Crippen LogP contribution in [0.2, 0.25) is 0 Å². The lowest BCUT2D eigenvalue weighted by Crippen LogP contribution is -2.12. The van der Waals surface area contributed by atoms with Crippen molar-refractivity contribution in [3.63, 3.8) is 0 Å². The Morgan fingerprint density at radius 1 is 1.20 bits per heavy atom. The molecule has 0 unspecified atom stereocenters. The molecule has 102 valence electrons. The molecule has 1 aliphatic heterocycles. The third-order valence-electron chi connectivity index (χ3n) is 2.91. The molecular weight excluding hydrogens is 340 g/mol. The zero-order chi connectivity index (χ0) is 14.1. The van der Waals surface area contributed by atoms with Gasteiger partial charge >= 0.3 is 0 Å². The standard InChI is InChI=1S/C14H11BrN2O2S/c15-9-2-1-3-10(13(9)14(16)20)17-8-4-5-11-12(6-8)19-7-18-11/h1-6,17H,7H2,(H2,16,20). The molecule has 0 saturated carbocycles. The van der Waals surface area contributed by atoms with Gasteiger partial charge in [-0.25, -0.2) is 0 Å². The molecule has 1 heterocycles. The van der Waals surface area contributed by atoms with E-state index in [-0.39, 0.29) is 6.79 Å². The summed E-state index contributed by atoms with van der Waals surface area (Å²) >= 11 is 8.55. The van der Waals surface area contributed by atoms with Crippen LogP contribution in [0, 0.1) is 0 Å². The average Bonchev–Trinajstić information content (AvgIpc) is 2.85. The number of nitrogens with one attached hydrogen (secondary N) is 1. The van der Waals surface area contributed by atoms with Crippen LogP contribution in [0.25, 0.3) is 0 Å². The van der Waals surface area contributed by atoms with Crippen molar-refractivity contribution in [1.29, 1.82) is 0 Å². The monoisotopic (exact) mass is 350 g/mol. The fraction of sp³-hybridized carbons (Fsp3) is 0.0714. The highest BCUT2D eigenvalue weighted by Gasteiger charge is 2.14. The summed E-state index contributed by atoms with van der Waals surface area (Å²) < 4.78 is 11.5. The maximum absolute atomic E-state index is 5.78. The van der Waals surface area contributed by atoms with Crippen molar-refractivity contribution >= 4 is 44.5 Å². The molecule has 0 atom stereocenters. The summed E-state index contributed by atoms with van der Waals surface area (Å²) in [6.07, 6.45) is 0. The van der Waals surface area contributed by atoms with Crippen molar-refractivity contribution in [2.24, 2.45) is 5.73 Å². The normalized spacial score (nSPS) is 12.2. The molecule has 3 rings (SSSR count). The van der Waals surface area contributed by atoms with Gasteiger partial charge in [-0.3, -0.25) is 0 Å². The van der Waals surface area contributed by atoms with E-state index in [1.165, 1.54) is 0 Å². The molecule has 2 aromatic carbocycles. The Morgan fingerprint density at radius 2 is 2.00 bits per heavy atom. The number of benzene rings is 2. The molecule has 0 aromatic heterocycles. The van der Waals surface area contributed by atoms with Gasteiger partial charge in [0.15, 0.2) is 11.5 Å². The van der Waals surface area contributed by atoms with E-state index in [1.807, 2.05) is 36.4 Å². The molecule has 0 radical (unpaired) electrons. The summed E-state index contributed by atoms with van der Waals surface area (Å²) in [5.74, 6) is 1.47. The van der Waals surface area contributed by atoms with E-state index in [9.17, 15) is 0 Å². The maximum Gasteiger partial charge on any atom is 0.231 e. The third-order valence-corrected chi connectivity index (χ3v) is 3.78. The van der Waals surface area contributed by atoms with Gasteiger partial charge in [0, 0.05) is 27.5 Å². The van der Waals surface area contributed by atoms with Crippen LogP contribution in [0.15, 0.2) is 40.9 Å². The van der Waals surface area contributed by atoms with Crippen LogP contribution >= 0.6 is 28.1 Å². The third kappa shape index (κ3) is 2.44. The Hall–Kier alpha value is -1.79. The maximum atomic E-state index is 5.78. The Labute approximate surface area is 130 Å². The molecule has 3 N–H and O–H groups in total. The lowest BCUT2D eigenvalue weighted by molar-refractivity contribution is 0.174. The molecule has 6 heteroatoms. The molecule has 4 nitrogen and oxygen atoms in total. The number of nitrogens with two attached hydrogens (primary N) is 1. The lowest BCUT2D eigenvalue weighted by atomic mass is 10.1. The average molecular weight is 351 g/mol. The molecule has 0 spiro atoms. The second-order valence-electron chi connectivity index (χ2n) is 4.22. The van der Waals surface area contributed by atoms with Crippen LogP contribution < -0.4 is 20.5 Å². The van der Waals surface area contributed by atoms with Crippen molar-refractivity contribution in [2.75, 3.05) is 12.1 Å². The fourth-order valence-electron chi connectivity index (χ4n) is 2.01. The predicted octanol–water partition coefficient (Wildman–Crippen LogP) is 3.56. The first-order valence-electron chi connectivity index (χ1n) is 5.90. The van der Waals surface area contributed by atoms with Crippen LogP contribution in [0.5, 0.6) is 11.5 Å². The van der Waals surface area contributed by atoms with E-state index < -0.39 is 0 Å². The summed E-state index contributed by atoms with van der Waals surface area (Å²) in [5, 5.41) is 3.29. The quantitative estimate of drug-likeness (QED) is 0.829. The summed E-state index contributed by atoms with van der Waals surface area (Å²) in [4.78, 5) is 0.334. The highest BCUT2D eigenvalue weighted by molar-refractivity contribution is 9.10. The SMILES string of the molecule is NC(=S)c1c(Br)cccc1Nc1ccc2c(c1)OCO2. The van der Waals surface area contributed by atoms with Crippen molar-refractivity contribution in [1.82, 2.24) is 0 Å². The van der Waals surface area contributed by atoms with Gasteiger partial charge in [0.2, 0.25) is 6.79 Å². The largest absolute Gasteiger partial charge is 0.454 e. The van der Waals surface area contributed by atoms with E-state index in [4.69, 9.17) is 27.4 Å². The van der Waals surface area contributed by atoms with E-state index in [1.54, 1.807) is 0 Å². The number of hydrogen-bond acceptors (Lipinski definition) is 4. The highest BCUT2D eigenvalue weighted by atomic mass is 79.9. The first kappa shape index (κ1) is 13.2. The van der Waals surface area contributed by atoms with Gasteiger partial charge in [0.25, 0.3) is 0 Å². The van der Waals surface area contributed by atoms with Gasteiger partial charge in [-0.15, -0.1) is 0 Å². The zero-order valence-electron chi connectivity index (χ0n) is 10.4. The summed E-state index contributed by atoms with van der Waals surface area (Å²) in [5.41, 5.74) is 8.27. The first-order chi connectivity index (χ1) is 9.65. The molecule has 0 amide bonds. The van der Waals surface area contributed by atoms with Gasteiger partial charge in [-0.05, 0) is 40.2 Å². The molecule has 0 bridgehead atoms. The second kappa shape index (κ2) is 5.30. The molecule has 0 aliphatic carbocycles. The van der Waals surface area contributed by atoms with Gasteiger partial charge in [0.05, 0.1) is 0 Å². The van der Waals surface area contributed by atoms with Gasteiger partial charge in [-0.1, -0.05) is 18.3 Å². The Balaban J connectivity index is 1.95. The summed E-state index contributed by atoms with van der Waals surface area (Å²) in [7, 11) is 0. The Morgan fingerprint density at radius 3 is 2.80 bits per heavy atom. The predicted molar refractivity (Wildman–Crippen MR) is 85.9 cm³/mol. The fourth-order valence-corrected chi connectivity index (χ4v) is 2.94. The van der Waals surface area contributed by atoms with Crippen LogP contribution in [0.3, 0.4) is 0 Å². The van der Waals surface area contributed by atoms with Crippen LogP contribution in [0.4, 0.5) is 11.4 Å². The zero-order valence-corrected chi connectivity index (χ0v) is 12.8. The summed E-state index contributed by atoms with van der Waals surface area (Å²) in [6.45, 7) is 0.258. The minimum Gasteiger partial charge on any atom is -0.454 e. The summed E-state index contributed by atoms with van der Waals surface area (Å²) in [6, 6.07) is 11.4. The molecule has 0 fully saturated rings. The number of rotatable bonds is 3. The Bertz CT molecular complexity index is 691. The van der Waals surface area contributed by atoms with Crippen molar-refractivity contribution in [2.45, 2.75) is 0 Å². The van der Waals surface area contributed by atoms with Crippen molar-refractivity contribution in [3.05, 3.63) is 46.4 Å². The van der Waals surface area contributed by atoms with Crippen LogP contribution in [0.1, 0.15) is 5.56 Å². The molecule has 1 aliphatic rings. The minimum atomic E-state index is 0.258. The highest BCUT2D eigenvalue weighted by Crippen LogP contribution is 2.36. The van der Waals surface area contributed by atoms with Crippen molar-refractivity contribution < 1.29 is 9.47 Å². The number of ether oxygens (including phenoxy) is 2. The number of thiocarbonyl (C=S) groups is 1. The van der Waals surface area contributed by atoms with Crippen LogP contribution in [-0.4, -0.2) is 11.8 Å². The first-order valence-corrected chi connectivity index (χ1v) is 7.10. The number of anilines is 2. The Kier molecular flexibility index (Phi) is 3.50. The molecular formula is C14H11BrN2O2S. The van der Waals surface area contributed by atoms with Gasteiger partial charge in [0.1, 0.15) is 4.99 Å². The number of halogens is 1. The molecule has 2 aromatic rings. The molecule has 20 heavy (non-hydrogen) atoms. The number of fused-ring (bicyclic) bond motifs is 1.